The molecule has 0 saturated carbocycles. The highest BCUT2D eigenvalue weighted by Crippen LogP contribution is 2.01. The molecule has 13 heteroatoms. The summed E-state index contributed by atoms with van der Waals surface area (Å²) >= 11 is 4.01. The first-order valence-corrected chi connectivity index (χ1v) is 9.18. The predicted molar refractivity (Wildman–Crippen MR) is 107 cm³/mol. The van der Waals surface area contributed by atoms with Gasteiger partial charge in [0.25, 0.3) is 0 Å². The molecule has 0 saturated heterocycles. The number of amides is 3. The Labute approximate surface area is 168 Å². The molecule has 12 nitrogen and oxygen atoms in total. The Morgan fingerprint density at radius 1 is 1.00 bits per heavy atom. The Morgan fingerprint density at radius 2 is 1.57 bits per heavy atom. The van der Waals surface area contributed by atoms with Crippen LogP contribution >= 0.6 is 12.6 Å². The highest BCUT2D eigenvalue weighted by atomic mass is 32.1. The van der Waals surface area contributed by atoms with Crippen molar-refractivity contribution in [2.75, 3.05) is 12.3 Å². The number of carbonyl (C=O) groups excluding carboxylic acids is 3. The summed E-state index contributed by atoms with van der Waals surface area (Å²) in [5.41, 5.74) is 15.8. The monoisotopic (exact) mass is 419 g/mol. The lowest BCUT2D eigenvalue weighted by Crippen LogP contribution is -2.56. The molecule has 0 bridgehead atoms. The van der Waals surface area contributed by atoms with Gasteiger partial charge in [-0.3, -0.25) is 19.4 Å². The summed E-state index contributed by atoms with van der Waals surface area (Å²) in [4.78, 5) is 51.0. The van der Waals surface area contributed by atoms with Gasteiger partial charge in [0, 0.05) is 12.3 Å². The van der Waals surface area contributed by atoms with Crippen LogP contribution in [0.5, 0.6) is 0 Å². The average Bonchev–Trinajstić information content (AvgIpc) is 2.60. The van der Waals surface area contributed by atoms with Crippen molar-refractivity contribution in [2.45, 2.75) is 50.9 Å². The second kappa shape index (κ2) is 12.8. The van der Waals surface area contributed by atoms with Crippen LogP contribution in [0.4, 0.5) is 0 Å². The predicted octanol–water partition coefficient (Wildman–Crippen LogP) is -3.12. The van der Waals surface area contributed by atoms with Crippen molar-refractivity contribution in [3.63, 3.8) is 0 Å². The number of nitrogens with two attached hydrogens (primary N) is 3. The molecule has 0 aliphatic heterocycles. The number of carboxylic acid groups (broad SMARTS) is 1. The minimum absolute atomic E-state index is 0.0775. The molecule has 160 valence electrons. The molecule has 4 unspecified atom stereocenters. The zero-order valence-electron chi connectivity index (χ0n) is 15.8. The van der Waals surface area contributed by atoms with Gasteiger partial charge in [-0.15, -0.1) is 0 Å². The Balaban J connectivity index is 4.77. The highest BCUT2D eigenvalue weighted by Gasteiger charge is 2.27. The maximum atomic E-state index is 12.3. The van der Waals surface area contributed by atoms with Crippen molar-refractivity contribution >= 4 is 42.3 Å². The van der Waals surface area contributed by atoms with E-state index in [2.05, 4.69) is 33.6 Å². The lowest BCUT2D eigenvalue weighted by molar-refractivity contribution is -0.142. The first-order chi connectivity index (χ1) is 13.0. The fraction of sp³-hybridized carbons (Fsp3) is 0.667. The van der Waals surface area contributed by atoms with Crippen LogP contribution in [0.2, 0.25) is 0 Å². The van der Waals surface area contributed by atoms with Crippen molar-refractivity contribution in [3.8, 4) is 0 Å². The lowest BCUT2D eigenvalue weighted by Gasteiger charge is -2.22. The summed E-state index contributed by atoms with van der Waals surface area (Å²) in [7, 11) is 0. The number of aliphatic carboxylic acids is 1. The van der Waals surface area contributed by atoms with E-state index in [0.29, 0.717) is 6.42 Å². The minimum Gasteiger partial charge on any atom is -0.480 e. The molecular formula is C15H29N7O5S. The second-order valence-electron chi connectivity index (χ2n) is 6.11. The molecule has 0 heterocycles. The zero-order valence-corrected chi connectivity index (χ0v) is 16.7. The van der Waals surface area contributed by atoms with Crippen LogP contribution in [0.1, 0.15) is 26.7 Å². The maximum Gasteiger partial charge on any atom is 0.326 e. The van der Waals surface area contributed by atoms with E-state index in [1.165, 1.54) is 13.8 Å². The first kappa shape index (κ1) is 25.5. The largest absolute Gasteiger partial charge is 0.480 e. The number of rotatable bonds is 12. The molecule has 4 atom stereocenters. The van der Waals surface area contributed by atoms with Crippen molar-refractivity contribution in [1.29, 1.82) is 0 Å². The Hall–Kier alpha value is -2.54. The topological polar surface area (TPSA) is 215 Å². The van der Waals surface area contributed by atoms with Gasteiger partial charge < -0.3 is 38.3 Å². The highest BCUT2D eigenvalue weighted by molar-refractivity contribution is 7.80. The van der Waals surface area contributed by atoms with Crippen molar-refractivity contribution in [2.24, 2.45) is 22.2 Å². The number of carboxylic acids is 1. The van der Waals surface area contributed by atoms with Crippen LogP contribution in [0.3, 0.4) is 0 Å². The van der Waals surface area contributed by atoms with Gasteiger partial charge in [0.2, 0.25) is 17.7 Å². The number of hydrogen-bond donors (Lipinski definition) is 8. The molecular weight excluding hydrogens is 390 g/mol. The van der Waals surface area contributed by atoms with E-state index in [-0.39, 0.29) is 24.7 Å². The Kier molecular flexibility index (Phi) is 11.6. The van der Waals surface area contributed by atoms with Crippen LogP contribution in [0, 0.1) is 0 Å². The molecule has 10 N–H and O–H groups in total. The molecule has 0 radical (unpaired) electrons. The van der Waals surface area contributed by atoms with Gasteiger partial charge in [0.1, 0.15) is 18.1 Å². The van der Waals surface area contributed by atoms with Crippen molar-refractivity contribution in [3.05, 3.63) is 0 Å². The second-order valence-corrected chi connectivity index (χ2v) is 6.48. The molecule has 0 rings (SSSR count). The van der Waals surface area contributed by atoms with Gasteiger partial charge in [0.05, 0.1) is 6.04 Å². The van der Waals surface area contributed by atoms with Gasteiger partial charge >= 0.3 is 5.97 Å². The van der Waals surface area contributed by atoms with E-state index in [1.807, 2.05) is 0 Å². The van der Waals surface area contributed by atoms with E-state index < -0.39 is 47.9 Å². The molecule has 0 aromatic heterocycles. The lowest BCUT2D eigenvalue weighted by atomic mass is 10.1. The summed E-state index contributed by atoms with van der Waals surface area (Å²) < 4.78 is 0. The third kappa shape index (κ3) is 9.97. The summed E-state index contributed by atoms with van der Waals surface area (Å²) in [6.45, 7) is 3.10. The van der Waals surface area contributed by atoms with E-state index >= 15 is 0 Å². The Morgan fingerprint density at radius 3 is 2.04 bits per heavy atom. The summed E-state index contributed by atoms with van der Waals surface area (Å²) in [5, 5.41) is 16.4. The van der Waals surface area contributed by atoms with E-state index in [0.717, 1.165) is 0 Å². The van der Waals surface area contributed by atoms with Gasteiger partial charge in [-0.1, -0.05) is 0 Å². The molecule has 0 aromatic rings. The minimum atomic E-state index is -1.24. The van der Waals surface area contributed by atoms with Gasteiger partial charge in [-0.05, 0) is 26.7 Å². The SMILES string of the molecule is CC(N)C(=O)NC(C)C(=O)NC(CS)C(=O)NC(CCCN=C(N)N)C(=O)O. The Bertz CT molecular complexity index is 595. The summed E-state index contributed by atoms with van der Waals surface area (Å²) in [6.07, 6.45) is 0.416. The van der Waals surface area contributed by atoms with Crippen LogP contribution in [-0.4, -0.2) is 71.2 Å². The third-order valence-corrected chi connectivity index (χ3v) is 3.91. The fourth-order valence-electron chi connectivity index (χ4n) is 1.93. The van der Waals surface area contributed by atoms with E-state index in [4.69, 9.17) is 17.2 Å². The number of thiol groups is 1. The fourth-order valence-corrected chi connectivity index (χ4v) is 2.19. The standard InChI is InChI=1S/C15H29N7O5S/c1-7(16)11(23)20-8(2)12(24)22-10(6-28)13(25)21-9(14(26)27)4-3-5-19-15(17)18/h7-10,28H,3-6,16H2,1-2H3,(H,20,23)(H,21,25)(H,22,24)(H,26,27)(H4,17,18,19). The van der Waals surface area contributed by atoms with Crippen LogP contribution < -0.4 is 33.2 Å². The van der Waals surface area contributed by atoms with Gasteiger partial charge in [-0.2, -0.15) is 12.6 Å². The number of nitrogens with one attached hydrogen (secondary N) is 3. The number of aliphatic imine (C=N–C) groups is 1. The molecule has 0 spiro atoms. The molecule has 0 fully saturated rings. The number of hydrogen-bond acceptors (Lipinski definition) is 7. The first-order valence-electron chi connectivity index (χ1n) is 8.55. The normalized spacial score (nSPS) is 14.7. The third-order valence-electron chi connectivity index (χ3n) is 3.54. The molecule has 3 amide bonds. The number of guanidine groups is 1. The van der Waals surface area contributed by atoms with Crippen LogP contribution in [0.15, 0.2) is 4.99 Å². The smallest absolute Gasteiger partial charge is 0.326 e. The quantitative estimate of drug-likeness (QED) is 0.0698. The van der Waals surface area contributed by atoms with Crippen LogP contribution in [0.25, 0.3) is 0 Å². The van der Waals surface area contributed by atoms with Crippen LogP contribution in [-0.2, 0) is 19.2 Å². The van der Waals surface area contributed by atoms with Crippen molar-refractivity contribution in [1.82, 2.24) is 16.0 Å². The van der Waals surface area contributed by atoms with Gasteiger partial charge in [-0.25, -0.2) is 4.79 Å². The molecule has 0 aliphatic carbocycles. The maximum absolute atomic E-state index is 12.3. The van der Waals surface area contributed by atoms with Crippen molar-refractivity contribution < 1.29 is 24.3 Å². The number of nitrogens with zero attached hydrogens (tertiary/aromatic N) is 1. The zero-order chi connectivity index (χ0) is 21.9. The summed E-state index contributed by atoms with van der Waals surface area (Å²) in [6, 6.07) is -4.01. The molecule has 28 heavy (non-hydrogen) atoms. The summed E-state index contributed by atoms with van der Waals surface area (Å²) in [5.74, 6) is -3.31. The number of carbonyl (C=O) groups is 4. The van der Waals surface area contributed by atoms with E-state index in [1.54, 1.807) is 0 Å². The van der Waals surface area contributed by atoms with Gasteiger partial charge in [0.15, 0.2) is 5.96 Å². The molecule has 0 aromatic carbocycles. The average molecular weight is 420 g/mol. The van der Waals surface area contributed by atoms with E-state index in [9.17, 15) is 24.3 Å². The molecule has 0 aliphatic rings.